The number of ether oxygens (including phenoxy) is 3. The molecule has 0 amide bonds. The van der Waals surface area contributed by atoms with Crippen molar-refractivity contribution in [1.82, 2.24) is 0 Å². The first-order valence-corrected chi connectivity index (χ1v) is 6.88. The smallest absolute Gasteiger partial charge is 0.173 e. The van der Waals surface area contributed by atoms with Crippen LogP contribution in [0.3, 0.4) is 0 Å². The SMILES string of the molecule is COC(CNc1ccc(OC2CCCC2)cc1)OC. The predicted molar refractivity (Wildman–Crippen MR) is 75.6 cm³/mol. The molecule has 0 spiro atoms. The van der Waals surface area contributed by atoms with E-state index in [1.807, 2.05) is 24.3 Å². The van der Waals surface area contributed by atoms with Gasteiger partial charge in [-0.25, -0.2) is 0 Å². The summed E-state index contributed by atoms with van der Waals surface area (Å²) in [6, 6.07) is 8.06. The summed E-state index contributed by atoms with van der Waals surface area (Å²) in [5.41, 5.74) is 1.04. The van der Waals surface area contributed by atoms with Crippen molar-refractivity contribution in [2.24, 2.45) is 0 Å². The van der Waals surface area contributed by atoms with Crippen molar-refractivity contribution in [2.45, 2.75) is 38.1 Å². The van der Waals surface area contributed by atoms with Gasteiger partial charge in [0.1, 0.15) is 5.75 Å². The molecule has 1 aromatic carbocycles. The molecule has 19 heavy (non-hydrogen) atoms. The molecule has 4 heteroatoms. The molecule has 0 radical (unpaired) electrons. The maximum atomic E-state index is 5.92. The summed E-state index contributed by atoms with van der Waals surface area (Å²) in [4.78, 5) is 0. The summed E-state index contributed by atoms with van der Waals surface area (Å²) in [5.74, 6) is 0.951. The normalized spacial score (nSPS) is 15.9. The molecule has 0 aromatic heterocycles. The fourth-order valence-corrected chi connectivity index (χ4v) is 2.31. The van der Waals surface area contributed by atoms with E-state index < -0.39 is 0 Å². The minimum Gasteiger partial charge on any atom is -0.490 e. The van der Waals surface area contributed by atoms with Gasteiger partial charge < -0.3 is 19.5 Å². The fraction of sp³-hybridized carbons (Fsp3) is 0.600. The third-order valence-corrected chi connectivity index (χ3v) is 3.46. The van der Waals surface area contributed by atoms with Crippen molar-refractivity contribution < 1.29 is 14.2 Å². The number of methoxy groups -OCH3 is 2. The average Bonchev–Trinajstić information content (AvgIpc) is 2.95. The standard InChI is InChI=1S/C15H23NO3/c1-17-15(18-2)11-16-12-7-9-14(10-8-12)19-13-5-3-4-6-13/h7-10,13,15-16H,3-6,11H2,1-2H3. The van der Waals surface area contributed by atoms with Crippen molar-refractivity contribution in [2.75, 3.05) is 26.1 Å². The number of hydrogen-bond acceptors (Lipinski definition) is 4. The molecule has 1 aromatic rings. The Bertz CT molecular complexity index is 356. The number of rotatable bonds is 7. The Morgan fingerprint density at radius 1 is 1.11 bits per heavy atom. The van der Waals surface area contributed by atoms with Gasteiger partial charge in [0.2, 0.25) is 0 Å². The molecular weight excluding hydrogens is 242 g/mol. The highest BCUT2D eigenvalue weighted by atomic mass is 16.7. The van der Waals surface area contributed by atoms with Gasteiger partial charge in [-0.2, -0.15) is 0 Å². The highest BCUT2D eigenvalue weighted by molar-refractivity contribution is 5.46. The Morgan fingerprint density at radius 2 is 1.74 bits per heavy atom. The molecule has 1 saturated carbocycles. The van der Waals surface area contributed by atoms with Crippen molar-refractivity contribution in [3.63, 3.8) is 0 Å². The van der Waals surface area contributed by atoms with Gasteiger partial charge in [-0.3, -0.25) is 0 Å². The Kier molecular flexibility index (Phi) is 5.48. The second-order valence-corrected chi connectivity index (χ2v) is 4.83. The minimum absolute atomic E-state index is 0.227. The average molecular weight is 265 g/mol. The molecular formula is C15H23NO3. The highest BCUT2D eigenvalue weighted by Gasteiger charge is 2.16. The zero-order chi connectivity index (χ0) is 13.5. The van der Waals surface area contributed by atoms with Crippen LogP contribution in [0, 0.1) is 0 Å². The first kappa shape index (κ1) is 14.2. The van der Waals surface area contributed by atoms with Gasteiger partial charge >= 0.3 is 0 Å². The van der Waals surface area contributed by atoms with Gasteiger partial charge in [0.05, 0.1) is 12.6 Å². The lowest BCUT2D eigenvalue weighted by Gasteiger charge is -2.16. The van der Waals surface area contributed by atoms with Gasteiger partial charge in [0, 0.05) is 19.9 Å². The summed E-state index contributed by atoms with van der Waals surface area (Å²) in [6.45, 7) is 0.621. The lowest BCUT2D eigenvalue weighted by Crippen LogP contribution is -2.23. The first-order chi connectivity index (χ1) is 9.31. The van der Waals surface area contributed by atoms with Gasteiger partial charge in [-0.1, -0.05) is 0 Å². The van der Waals surface area contributed by atoms with Gasteiger partial charge in [0.25, 0.3) is 0 Å². The van der Waals surface area contributed by atoms with Crippen LogP contribution in [-0.4, -0.2) is 33.2 Å². The van der Waals surface area contributed by atoms with E-state index in [9.17, 15) is 0 Å². The molecule has 0 heterocycles. The van der Waals surface area contributed by atoms with E-state index in [1.54, 1.807) is 14.2 Å². The molecule has 1 fully saturated rings. The van der Waals surface area contributed by atoms with Crippen LogP contribution in [0.15, 0.2) is 24.3 Å². The van der Waals surface area contributed by atoms with Crippen LogP contribution >= 0.6 is 0 Å². The molecule has 0 bridgehead atoms. The van der Waals surface area contributed by atoms with Crippen LogP contribution in [0.2, 0.25) is 0 Å². The second kappa shape index (κ2) is 7.36. The van der Waals surface area contributed by atoms with E-state index in [1.165, 1.54) is 25.7 Å². The van der Waals surface area contributed by atoms with Crippen LogP contribution in [0.25, 0.3) is 0 Å². The summed E-state index contributed by atoms with van der Waals surface area (Å²) in [7, 11) is 3.27. The van der Waals surface area contributed by atoms with E-state index in [4.69, 9.17) is 14.2 Å². The summed E-state index contributed by atoms with van der Waals surface area (Å²) >= 11 is 0. The Morgan fingerprint density at radius 3 is 2.32 bits per heavy atom. The largest absolute Gasteiger partial charge is 0.490 e. The van der Waals surface area contributed by atoms with Gasteiger partial charge in [-0.15, -0.1) is 0 Å². The van der Waals surface area contributed by atoms with Crippen LogP contribution in [0.4, 0.5) is 5.69 Å². The quantitative estimate of drug-likeness (QED) is 0.769. The predicted octanol–water partition coefficient (Wildman–Crippen LogP) is 3.04. The van der Waals surface area contributed by atoms with Crippen molar-refractivity contribution in [3.8, 4) is 5.75 Å². The van der Waals surface area contributed by atoms with E-state index in [2.05, 4.69) is 5.32 Å². The van der Waals surface area contributed by atoms with Crippen molar-refractivity contribution in [3.05, 3.63) is 24.3 Å². The lowest BCUT2D eigenvalue weighted by atomic mass is 10.2. The number of hydrogen-bond donors (Lipinski definition) is 1. The van der Waals surface area contributed by atoms with Crippen molar-refractivity contribution in [1.29, 1.82) is 0 Å². The molecule has 106 valence electrons. The second-order valence-electron chi connectivity index (χ2n) is 4.83. The zero-order valence-electron chi connectivity index (χ0n) is 11.7. The topological polar surface area (TPSA) is 39.7 Å². The number of nitrogens with one attached hydrogen (secondary N) is 1. The van der Waals surface area contributed by atoms with Gasteiger partial charge in [-0.05, 0) is 49.9 Å². The van der Waals surface area contributed by atoms with E-state index in [0.29, 0.717) is 12.6 Å². The van der Waals surface area contributed by atoms with E-state index in [0.717, 1.165) is 11.4 Å². The zero-order valence-corrected chi connectivity index (χ0v) is 11.7. The maximum Gasteiger partial charge on any atom is 0.173 e. The van der Waals surface area contributed by atoms with Crippen LogP contribution in [0.1, 0.15) is 25.7 Å². The third-order valence-electron chi connectivity index (χ3n) is 3.46. The Balaban J connectivity index is 1.80. The number of anilines is 1. The summed E-state index contributed by atoms with van der Waals surface area (Å²) < 4.78 is 16.2. The maximum absolute atomic E-state index is 5.92. The summed E-state index contributed by atoms with van der Waals surface area (Å²) in [5, 5.41) is 3.26. The first-order valence-electron chi connectivity index (χ1n) is 6.88. The Labute approximate surface area is 115 Å². The molecule has 4 nitrogen and oxygen atoms in total. The van der Waals surface area contributed by atoms with Crippen molar-refractivity contribution >= 4 is 5.69 Å². The van der Waals surface area contributed by atoms with E-state index >= 15 is 0 Å². The molecule has 0 aliphatic heterocycles. The molecule has 0 saturated heterocycles. The minimum atomic E-state index is -0.227. The van der Waals surface area contributed by atoms with Gasteiger partial charge in [0.15, 0.2) is 6.29 Å². The number of benzene rings is 1. The van der Waals surface area contributed by atoms with E-state index in [-0.39, 0.29) is 6.29 Å². The molecule has 0 unspecified atom stereocenters. The van der Waals surface area contributed by atoms with Crippen LogP contribution in [-0.2, 0) is 9.47 Å². The van der Waals surface area contributed by atoms with Crippen LogP contribution < -0.4 is 10.1 Å². The molecule has 0 atom stereocenters. The summed E-state index contributed by atoms with van der Waals surface area (Å²) in [6.07, 6.45) is 5.13. The molecule has 1 N–H and O–H groups in total. The monoisotopic (exact) mass is 265 g/mol. The molecule has 1 aliphatic carbocycles. The fourth-order valence-electron chi connectivity index (χ4n) is 2.31. The molecule has 1 aliphatic rings. The Hall–Kier alpha value is -1.26. The van der Waals surface area contributed by atoms with Crippen LogP contribution in [0.5, 0.6) is 5.75 Å². The lowest BCUT2D eigenvalue weighted by molar-refractivity contribution is -0.0914. The molecule has 2 rings (SSSR count). The third kappa shape index (κ3) is 4.40. The highest BCUT2D eigenvalue weighted by Crippen LogP contribution is 2.24.